The van der Waals surface area contributed by atoms with Gasteiger partial charge in [-0.25, -0.2) is 4.39 Å². The fraction of sp³-hybridized carbons (Fsp3) is 0.222. The molecule has 0 radical (unpaired) electrons. The normalized spacial score (nSPS) is 17.8. The molecule has 0 bridgehead atoms. The Balaban J connectivity index is 1.29. The molecule has 188 valence electrons. The molecular weight excluding hydrogens is 481 g/mol. The molecule has 37 heavy (non-hydrogen) atoms. The molecule has 2 aliphatic heterocycles. The van der Waals surface area contributed by atoms with E-state index in [1.807, 2.05) is 0 Å². The molecule has 2 aromatic carbocycles. The highest BCUT2D eigenvalue weighted by Gasteiger charge is 2.34. The summed E-state index contributed by atoms with van der Waals surface area (Å²) in [5.41, 5.74) is -0.113. The number of carbonyl (C=O) groups is 2. The van der Waals surface area contributed by atoms with Gasteiger partial charge in [0.05, 0.1) is 18.9 Å². The predicted molar refractivity (Wildman–Crippen MR) is 130 cm³/mol. The Labute approximate surface area is 211 Å². The van der Waals surface area contributed by atoms with Crippen molar-refractivity contribution in [2.45, 2.75) is 11.6 Å². The first-order valence-corrected chi connectivity index (χ1v) is 11.4. The van der Waals surface area contributed by atoms with Crippen LogP contribution < -0.4 is 19.7 Å². The lowest BCUT2D eigenvalue weighted by molar-refractivity contribution is -0.140. The Morgan fingerprint density at radius 3 is 2.81 bits per heavy atom. The highest BCUT2D eigenvalue weighted by atomic mass is 19.1. The summed E-state index contributed by atoms with van der Waals surface area (Å²) in [6.45, 7) is 0.206. The zero-order chi connectivity index (χ0) is 26.0. The standard InChI is InChI=1S/C27H22FN3O6/c1-31-22-12-17(8-10-27(34)15-35-16-27)6-7-24(22)36-14-21(26(31)33)30-25(32)20-13-18(9-11-29-20)37-23-5-3-2-4-19(23)28/h2-7,9,11-13,21,34H,14-16H2,1H3,(H,30,32). The topological polar surface area (TPSA) is 110 Å². The van der Waals surface area contributed by atoms with E-state index in [9.17, 15) is 19.1 Å². The van der Waals surface area contributed by atoms with E-state index in [0.29, 0.717) is 17.0 Å². The second kappa shape index (κ2) is 9.89. The number of aromatic nitrogens is 1. The molecule has 1 unspecified atom stereocenters. The van der Waals surface area contributed by atoms with Crippen LogP contribution in [0.5, 0.6) is 17.2 Å². The van der Waals surface area contributed by atoms with Gasteiger partial charge in [0, 0.05) is 24.9 Å². The van der Waals surface area contributed by atoms with E-state index < -0.39 is 29.3 Å². The van der Waals surface area contributed by atoms with Gasteiger partial charge in [0.15, 0.2) is 17.2 Å². The zero-order valence-corrected chi connectivity index (χ0v) is 19.7. The summed E-state index contributed by atoms with van der Waals surface area (Å²) in [6.07, 6.45) is 1.35. The molecule has 0 aliphatic carbocycles. The first-order chi connectivity index (χ1) is 17.8. The third-order valence-electron chi connectivity index (χ3n) is 5.81. The van der Waals surface area contributed by atoms with Crippen molar-refractivity contribution < 1.29 is 33.3 Å². The van der Waals surface area contributed by atoms with E-state index in [4.69, 9.17) is 14.2 Å². The van der Waals surface area contributed by atoms with Crippen LogP contribution in [0.2, 0.25) is 0 Å². The summed E-state index contributed by atoms with van der Waals surface area (Å²) < 4.78 is 30.2. The third kappa shape index (κ3) is 5.23. The first kappa shape index (κ1) is 24.2. The largest absolute Gasteiger partial charge is 0.489 e. The van der Waals surface area contributed by atoms with Crippen molar-refractivity contribution >= 4 is 17.5 Å². The predicted octanol–water partition coefficient (Wildman–Crippen LogP) is 2.28. The number of amides is 2. The van der Waals surface area contributed by atoms with Crippen molar-refractivity contribution in [2.75, 3.05) is 31.8 Å². The summed E-state index contributed by atoms with van der Waals surface area (Å²) in [5.74, 6) is 4.77. The fourth-order valence-corrected chi connectivity index (χ4v) is 3.72. The number of rotatable bonds is 4. The lowest BCUT2D eigenvalue weighted by Gasteiger charge is -2.30. The van der Waals surface area contributed by atoms with E-state index in [0.717, 1.165) is 0 Å². The lowest BCUT2D eigenvalue weighted by atomic mass is 10.0. The summed E-state index contributed by atoms with van der Waals surface area (Å²) in [4.78, 5) is 31.5. The number of nitrogens with zero attached hydrogens (tertiary/aromatic N) is 2. The second-order valence-corrected chi connectivity index (χ2v) is 8.60. The SMILES string of the molecule is CN1C(=O)C(NC(=O)c2cc(Oc3ccccc3F)ccn2)COc2ccc(C#CC3(O)COC3)cc21. The van der Waals surface area contributed by atoms with E-state index in [2.05, 4.69) is 22.1 Å². The zero-order valence-electron chi connectivity index (χ0n) is 19.7. The molecule has 1 saturated heterocycles. The number of ether oxygens (including phenoxy) is 3. The average Bonchev–Trinajstić information content (AvgIpc) is 3.00. The number of anilines is 1. The minimum Gasteiger partial charge on any atom is -0.489 e. The Hall–Kier alpha value is -4.46. The summed E-state index contributed by atoms with van der Waals surface area (Å²) in [7, 11) is 1.57. The van der Waals surface area contributed by atoms with Gasteiger partial charge in [-0.15, -0.1) is 0 Å². The van der Waals surface area contributed by atoms with Gasteiger partial charge < -0.3 is 29.5 Å². The molecule has 10 heteroatoms. The molecule has 0 spiro atoms. The molecule has 1 fully saturated rings. The highest BCUT2D eigenvalue weighted by Crippen LogP contribution is 2.32. The lowest BCUT2D eigenvalue weighted by Crippen LogP contribution is -2.49. The number of hydrogen-bond acceptors (Lipinski definition) is 7. The number of pyridine rings is 1. The molecule has 2 amide bonds. The minimum absolute atomic E-state index is 0.00558. The van der Waals surface area contributed by atoms with Crippen molar-refractivity contribution in [3.63, 3.8) is 0 Å². The molecule has 0 saturated carbocycles. The van der Waals surface area contributed by atoms with Gasteiger partial charge in [-0.2, -0.15) is 0 Å². The van der Waals surface area contributed by atoms with Crippen LogP contribution in [0.4, 0.5) is 10.1 Å². The van der Waals surface area contributed by atoms with Crippen molar-refractivity contribution in [3.05, 3.63) is 77.9 Å². The van der Waals surface area contributed by atoms with Crippen molar-refractivity contribution in [1.29, 1.82) is 0 Å². The Bertz CT molecular complexity index is 1430. The molecule has 9 nitrogen and oxygen atoms in total. The number of nitrogens with one attached hydrogen (secondary N) is 1. The summed E-state index contributed by atoms with van der Waals surface area (Å²) >= 11 is 0. The van der Waals surface area contributed by atoms with Crippen LogP contribution in [0.15, 0.2) is 60.8 Å². The monoisotopic (exact) mass is 503 g/mol. The second-order valence-electron chi connectivity index (χ2n) is 8.60. The summed E-state index contributed by atoms with van der Waals surface area (Å²) in [5, 5.41) is 12.8. The maximum atomic E-state index is 13.9. The quantitative estimate of drug-likeness (QED) is 0.526. The molecule has 3 aromatic rings. The minimum atomic E-state index is -1.16. The Kier molecular flexibility index (Phi) is 6.48. The van der Waals surface area contributed by atoms with E-state index in [1.54, 1.807) is 31.3 Å². The van der Waals surface area contributed by atoms with Crippen molar-refractivity contribution in [1.82, 2.24) is 10.3 Å². The number of benzene rings is 2. The van der Waals surface area contributed by atoms with Gasteiger partial charge in [0.1, 0.15) is 29.8 Å². The smallest absolute Gasteiger partial charge is 0.270 e. The summed E-state index contributed by atoms with van der Waals surface area (Å²) in [6, 6.07) is 12.8. The van der Waals surface area contributed by atoms with Crippen molar-refractivity contribution in [3.8, 4) is 29.1 Å². The molecule has 2 N–H and O–H groups in total. The average molecular weight is 503 g/mol. The number of halogens is 1. The van der Waals surface area contributed by atoms with Crippen LogP contribution in [0.25, 0.3) is 0 Å². The fourth-order valence-electron chi connectivity index (χ4n) is 3.72. The molecule has 1 atom stereocenters. The van der Waals surface area contributed by atoms with Crippen LogP contribution >= 0.6 is 0 Å². The van der Waals surface area contributed by atoms with Gasteiger partial charge in [-0.3, -0.25) is 14.6 Å². The van der Waals surface area contributed by atoms with Crippen LogP contribution in [0.1, 0.15) is 16.1 Å². The maximum Gasteiger partial charge on any atom is 0.270 e. The van der Waals surface area contributed by atoms with Crippen LogP contribution in [-0.4, -0.2) is 60.4 Å². The van der Waals surface area contributed by atoms with Crippen molar-refractivity contribution in [2.24, 2.45) is 0 Å². The first-order valence-electron chi connectivity index (χ1n) is 11.4. The molecule has 3 heterocycles. The maximum absolute atomic E-state index is 13.9. The van der Waals surface area contributed by atoms with Gasteiger partial charge in [0.25, 0.3) is 11.8 Å². The number of fused-ring (bicyclic) bond motifs is 1. The number of hydrogen-bond donors (Lipinski definition) is 2. The van der Waals surface area contributed by atoms with E-state index in [1.165, 1.54) is 41.4 Å². The number of likely N-dealkylation sites (N-methyl/N-ethyl adjacent to an activating group) is 1. The van der Waals surface area contributed by atoms with E-state index in [-0.39, 0.29) is 37.0 Å². The van der Waals surface area contributed by atoms with Gasteiger partial charge in [0.2, 0.25) is 0 Å². The van der Waals surface area contributed by atoms with Crippen LogP contribution in [0.3, 0.4) is 0 Å². The highest BCUT2D eigenvalue weighted by molar-refractivity contribution is 6.03. The van der Waals surface area contributed by atoms with Crippen LogP contribution in [-0.2, 0) is 9.53 Å². The van der Waals surface area contributed by atoms with Gasteiger partial charge in [-0.1, -0.05) is 24.0 Å². The molecule has 1 aromatic heterocycles. The Morgan fingerprint density at radius 2 is 2.05 bits per heavy atom. The molecule has 5 rings (SSSR count). The van der Waals surface area contributed by atoms with E-state index >= 15 is 0 Å². The Morgan fingerprint density at radius 1 is 1.24 bits per heavy atom. The van der Waals surface area contributed by atoms with Gasteiger partial charge >= 0.3 is 0 Å². The number of para-hydroxylation sites is 1. The molecule has 2 aliphatic rings. The third-order valence-corrected chi connectivity index (χ3v) is 5.81. The van der Waals surface area contributed by atoms with Gasteiger partial charge in [-0.05, 0) is 36.4 Å². The molecular formula is C27H22FN3O6. The number of carbonyl (C=O) groups excluding carboxylic acids is 2. The van der Waals surface area contributed by atoms with Crippen LogP contribution in [0, 0.1) is 17.7 Å². The number of aliphatic hydroxyl groups is 1.